The zero-order valence-corrected chi connectivity index (χ0v) is 11.4. The van der Waals surface area contributed by atoms with E-state index in [-0.39, 0.29) is 5.82 Å². The van der Waals surface area contributed by atoms with E-state index in [1.165, 1.54) is 11.6 Å². The fourth-order valence-corrected chi connectivity index (χ4v) is 2.06. The Morgan fingerprint density at radius 2 is 1.95 bits per heavy atom. The summed E-state index contributed by atoms with van der Waals surface area (Å²) < 4.78 is 13.9. The molecule has 3 heteroatoms. The Hall–Kier alpha value is -1.87. The molecular formula is C16H19FN2. The van der Waals surface area contributed by atoms with Gasteiger partial charge in [0.05, 0.1) is 0 Å². The second-order valence-corrected chi connectivity index (χ2v) is 4.82. The van der Waals surface area contributed by atoms with E-state index in [0.29, 0.717) is 18.7 Å². The summed E-state index contributed by atoms with van der Waals surface area (Å²) in [6.07, 6.45) is 0. The van der Waals surface area contributed by atoms with E-state index in [1.54, 1.807) is 0 Å². The summed E-state index contributed by atoms with van der Waals surface area (Å²) in [6, 6.07) is 13.4. The maximum Gasteiger partial charge on any atom is 0.128 e. The van der Waals surface area contributed by atoms with Crippen molar-refractivity contribution in [3.63, 3.8) is 0 Å². The standard InChI is InChI=1S/C16H19FN2/c1-12-4-3-5-15(8-12)19(2)11-14-7-6-13(10-18)9-16(14)17/h3-9H,10-11,18H2,1-2H3. The Morgan fingerprint density at radius 3 is 2.58 bits per heavy atom. The van der Waals surface area contributed by atoms with Gasteiger partial charge in [0.25, 0.3) is 0 Å². The largest absolute Gasteiger partial charge is 0.370 e. The van der Waals surface area contributed by atoms with E-state index in [0.717, 1.165) is 11.3 Å². The van der Waals surface area contributed by atoms with Crippen LogP contribution in [0, 0.1) is 12.7 Å². The molecule has 0 saturated heterocycles. The molecule has 0 unspecified atom stereocenters. The normalized spacial score (nSPS) is 10.5. The summed E-state index contributed by atoms with van der Waals surface area (Å²) in [5, 5.41) is 0. The monoisotopic (exact) mass is 258 g/mol. The van der Waals surface area contributed by atoms with Crippen molar-refractivity contribution >= 4 is 5.69 Å². The number of anilines is 1. The summed E-state index contributed by atoms with van der Waals surface area (Å²) in [7, 11) is 1.96. The molecule has 100 valence electrons. The van der Waals surface area contributed by atoms with E-state index in [2.05, 4.69) is 6.07 Å². The summed E-state index contributed by atoms with van der Waals surface area (Å²) in [6.45, 7) is 2.96. The average Bonchev–Trinajstić information content (AvgIpc) is 2.41. The second-order valence-electron chi connectivity index (χ2n) is 4.82. The Bertz CT molecular complexity index is 566. The smallest absolute Gasteiger partial charge is 0.128 e. The number of rotatable bonds is 4. The first-order valence-electron chi connectivity index (χ1n) is 6.35. The lowest BCUT2D eigenvalue weighted by Crippen LogP contribution is -2.17. The van der Waals surface area contributed by atoms with Crippen LogP contribution in [-0.2, 0) is 13.1 Å². The Morgan fingerprint density at radius 1 is 1.16 bits per heavy atom. The predicted molar refractivity (Wildman–Crippen MR) is 77.6 cm³/mol. The second kappa shape index (κ2) is 5.85. The first-order valence-corrected chi connectivity index (χ1v) is 6.35. The topological polar surface area (TPSA) is 29.3 Å². The van der Waals surface area contributed by atoms with Gasteiger partial charge in [-0.15, -0.1) is 0 Å². The quantitative estimate of drug-likeness (QED) is 0.912. The molecule has 0 aliphatic rings. The zero-order valence-electron chi connectivity index (χ0n) is 11.4. The van der Waals surface area contributed by atoms with E-state index in [4.69, 9.17) is 5.73 Å². The molecule has 0 heterocycles. The van der Waals surface area contributed by atoms with Crippen LogP contribution < -0.4 is 10.6 Å². The van der Waals surface area contributed by atoms with Gasteiger partial charge in [-0.05, 0) is 36.2 Å². The molecular weight excluding hydrogens is 239 g/mol. The lowest BCUT2D eigenvalue weighted by molar-refractivity contribution is 0.605. The van der Waals surface area contributed by atoms with Crippen LogP contribution in [0.5, 0.6) is 0 Å². The molecule has 19 heavy (non-hydrogen) atoms. The number of hydrogen-bond donors (Lipinski definition) is 1. The van der Waals surface area contributed by atoms with Crippen molar-refractivity contribution in [2.45, 2.75) is 20.0 Å². The highest BCUT2D eigenvalue weighted by atomic mass is 19.1. The Kier molecular flexibility index (Phi) is 4.17. The minimum absolute atomic E-state index is 0.192. The highest BCUT2D eigenvalue weighted by molar-refractivity contribution is 5.48. The highest BCUT2D eigenvalue weighted by Gasteiger charge is 2.07. The highest BCUT2D eigenvalue weighted by Crippen LogP contribution is 2.19. The van der Waals surface area contributed by atoms with Gasteiger partial charge in [0.1, 0.15) is 5.82 Å². The number of benzene rings is 2. The minimum Gasteiger partial charge on any atom is -0.370 e. The molecule has 2 aromatic rings. The maximum atomic E-state index is 13.9. The fourth-order valence-electron chi connectivity index (χ4n) is 2.06. The van der Waals surface area contributed by atoms with Gasteiger partial charge < -0.3 is 10.6 Å². The van der Waals surface area contributed by atoms with Gasteiger partial charge in [-0.2, -0.15) is 0 Å². The van der Waals surface area contributed by atoms with Crippen LogP contribution >= 0.6 is 0 Å². The van der Waals surface area contributed by atoms with Gasteiger partial charge >= 0.3 is 0 Å². The lowest BCUT2D eigenvalue weighted by atomic mass is 10.1. The van der Waals surface area contributed by atoms with Crippen LogP contribution in [0.3, 0.4) is 0 Å². The summed E-state index contributed by atoms with van der Waals surface area (Å²) in [5.41, 5.74) is 9.28. The Labute approximate surface area is 113 Å². The molecule has 2 aromatic carbocycles. The van der Waals surface area contributed by atoms with Gasteiger partial charge in [0.15, 0.2) is 0 Å². The Balaban J connectivity index is 2.17. The zero-order chi connectivity index (χ0) is 13.8. The molecule has 0 fully saturated rings. The van der Waals surface area contributed by atoms with Crippen LogP contribution in [0.25, 0.3) is 0 Å². The average molecular weight is 258 g/mol. The molecule has 0 saturated carbocycles. The van der Waals surface area contributed by atoms with Crippen molar-refractivity contribution in [3.05, 3.63) is 65.0 Å². The van der Waals surface area contributed by atoms with Gasteiger partial charge in [-0.25, -0.2) is 4.39 Å². The number of nitrogens with zero attached hydrogens (tertiary/aromatic N) is 1. The van der Waals surface area contributed by atoms with Gasteiger partial charge in [-0.1, -0.05) is 24.3 Å². The van der Waals surface area contributed by atoms with Gasteiger partial charge in [-0.3, -0.25) is 0 Å². The lowest BCUT2D eigenvalue weighted by Gasteiger charge is -2.20. The molecule has 0 bridgehead atoms. The van der Waals surface area contributed by atoms with Crippen molar-refractivity contribution < 1.29 is 4.39 Å². The third-order valence-electron chi connectivity index (χ3n) is 3.20. The molecule has 0 amide bonds. The number of aryl methyl sites for hydroxylation is 1. The van der Waals surface area contributed by atoms with Crippen molar-refractivity contribution in [2.24, 2.45) is 5.73 Å². The molecule has 0 aliphatic heterocycles. The molecule has 0 aromatic heterocycles. The number of hydrogen-bond acceptors (Lipinski definition) is 2. The molecule has 0 spiro atoms. The first-order chi connectivity index (χ1) is 9.10. The number of halogens is 1. The molecule has 2 rings (SSSR count). The van der Waals surface area contributed by atoms with Crippen LogP contribution in [0.4, 0.5) is 10.1 Å². The van der Waals surface area contributed by atoms with E-state index in [9.17, 15) is 4.39 Å². The van der Waals surface area contributed by atoms with E-state index in [1.807, 2.05) is 49.2 Å². The first kappa shape index (κ1) is 13.6. The molecule has 0 radical (unpaired) electrons. The van der Waals surface area contributed by atoms with Gasteiger partial charge in [0, 0.05) is 31.4 Å². The van der Waals surface area contributed by atoms with Crippen LogP contribution in [0.2, 0.25) is 0 Å². The predicted octanol–water partition coefficient (Wildman–Crippen LogP) is 3.23. The SMILES string of the molecule is Cc1cccc(N(C)Cc2ccc(CN)cc2F)c1. The summed E-state index contributed by atoms with van der Waals surface area (Å²) >= 11 is 0. The third kappa shape index (κ3) is 3.32. The van der Waals surface area contributed by atoms with Crippen molar-refractivity contribution in [3.8, 4) is 0 Å². The maximum absolute atomic E-state index is 13.9. The van der Waals surface area contributed by atoms with E-state index < -0.39 is 0 Å². The van der Waals surface area contributed by atoms with Crippen LogP contribution in [0.15, 0.2) is 42.5 Å². The van der Waals surface area contributed by atoms with Crippen LogP contribution in [-0.4, -0.2) is 7.05 Å². The fraction of sp³-hybridized carbons (Fsp3) is 0.250. The molecule has 0 atom stereocenters. The molecule has 2 nitrogen and oxygen atoms in total. The molecule has 2 N–H and O–H groups in total. The van der Waals surface area contributed by atoms with Crippen LogP contribution in [0.1, 0.15) is 16.7 Å². The minimum atomic E-state index is -0.192. The summed E-state index contributed by atoms with van der Waals surface area (Å²) in [5.74, 6) is -0.192. The van der Waals surface area contributed by atoms with Crippen molar-refractivity contribution in [1.29, 1.82) is 0 Å². The van der Waals surface area contributed by atoms with Crippen molar-refractivity contribution in [1.82, 2.24) is 0 Å². The van der Waals surface area contributed by atoms with Gasteiger partial charge in [0.2, 0.25) is 0 Å². The van der Waals surface area contributed by atoms with Crippen molar-refractivity contribution in [2.75, 3.05) is 11.9 Å². The number of nitrogens with two attached hydrogens (primary N) is 1. The third-order valence-corrected chi connectivity index (χ3v) is 3.20. The molecule has 0 aliphatic carbocycles. The summed E-state index contributed by atoms with van der Waals surface area (Å²) in [4.78, 5) is 2.04. The van der Waals surface area contributed by atoms with E-state index >= 15 is 0 Å².